The van der Waals surface area contributed by atoms with Crippen LogP contribution >= 0.6 is 15.9 Å². The molecule has 1 amide bonds. The fourth-order valence-electron chi connectivity index (χ4n) is 1.70. The van der Waals surface area contributed by atoms with Crippen LogP contribution in [0, 0.1) is 0 Å². The van der Waals surface area contributed by atoms with E-state index >= 15 is 0 Å². The summed E-state index contributed by atoms with van der Waals surface area (Å²) < 4.78 is 11.0. The molecule has 2 N–H and O–H groups in total. The van der Waals surface area contributed by atoms with Gasteiger partial charge in [0.2, 0.25) is 5.91 Å². The summed E-state index contributed by atoms with van der Waals surface area (Å²) in [4.78, 5) is 11.7. The van der Waals surface area contributed by atoms with Gasteiger partial charge in [-0.05, 0) is 18.6 Å². The SMILES string of the molecule is COCCCNC(=O)CNc1cccc(Br)c1COC. The van der Waals surface area contributed by atoms with Crippen LogP contribution in [0.4, 0.5) is 5.69 Å². The van der Waals surface area contributed by atoms with Crippen molar-refractivity contribution in [2.24, 2.45) is 0 Å². The summed E-state index contributed by atoms with van der Waals surface area (Å²) in [6, 6.07) is 5.80. The van der Waals surface area contributed by atoms with Gasteiger partial charge in [-0.3, -0.25) is 4.79 Å². The molecule has 5 nitrogen and oxygen atoms in total. The molecule has 0 saturated heterocycles. The number of carbonyl (C=O) groups excluding carboxylic acids is 1. The molecule has 1 rings (SSSR count). The minimum Gasteiger partial charge on any atom is -0.385 e. The fourth-order valence-corrected chi connectivity index (χ4v) is 2.18. The standard InChI is InChI=1S/C14H21BrN2O3/c1-19-8-4-7-16-14(18)9-17-13-6-3-5-12(15)11(13)10-20-2/h3,5-6,17H,4,7-10H2,1-2H3,(H,16,18). The van der Waals surface area contributed by atoms with Crippen molar-refractivity contribution in [3.05, 3.63) is 28.2 Å². The molecule has 0 heterocycles. The predicted molar refractivity (Wildman–Crippen MR) is 82.8 cm³/mol. The molecule has 0 fully saturated rings. The van der Waals surface area contributed by atoms with Gasteiger partial charge in [-0.15, -0.1) is 0 Å². The van der Waals surface area contributed by atoms with E-state index in [9.17, 15) is 4.79 Å². The van der Waals surface area contributed by atoms with Crippen LogP contribution in [0.3, 0.4) is 0 Å². The molecule has 1 aromatic rings. The molecular formula is C14H21BrN2O3. The average Bonchev–Trinajstić information content (AvgIpc) is 2.44. The van der Waals surface area contributed by atoms with Crippen LogP contribution in [0.2, 0.25) is 0 Å². The summed E-state index contributed by atoms with van der Waals surface area (Å²) in [6.07, 6.45) is 0.814. The third kappa shape index (κ3) is 5.90. The fraction of sp³-hybridized carbons (Fsp3) is 0.500. The predicted octanol–water partition coefficient (Wildman–Crippen LogP) is 2.16. The first-order valence-corrected chi connectivity index (χ1v) is 7.24. The van der Waals surface area contributed by atoms with Crippen molar-refractivity contribution in [2.75, 3.05) is 39.2 Å². The average molecular weight is 345 g/mol. The van der Waals surface area contributed by atoms with Crippen LogP contribution in [0.1, 0.15) is 12.0 Å². The minimum absolute atomic E-state index is 0.0376. The summed E-state index contributed by atoms with van der Waals surface area (Å²) >= 11 is 3.48. The van der Waals surface area contributed by atoms with E-state index in [1.165, 1.54) is 0 Å². The van der Waals surface area contributed by atoms with Crippen molar-refractivity contribution < 1.29 is 14.3 Å². The van der Waals surface area contributed by atoms with Gasteiger partial charge < -0.3 is 20.1 Å². The Morgan fingerprint density at radius 1 is 1.30 bits per heavy atom. The number of ether oxygens (including phenoxy) is 2. The van der Waals surface area contributed by atoms with Crippen molar-refractivity contribution in [1.82, 2.24) is 5.32 Å². The summed E-state index contributed by atoms with van der Waals surface area (Å²) in [5.41, 5.74) is 1.90. The highest BCUT2D eigenvalue weighted by Gasteiger charge is 2.07. The molecule has 0 unspecified atom stereocenters. The van der Waals surface area contributed by atoms with E-state index in [2.05, 4.69) is 26.6 Å². The molecule has 0 aliphatic carbocycles. The van der Waals surface area contributed by atoms with E-state index < -0.39 is 0 Å². The zero-order valence-electron chi connectivity index (χ0n) is 11.9. The molecule has 0 atom stereocenters. The van der Waals surface area contributed by atoms with E-state index in [0.29, 0.717) is 19.8 Å². The highest BCUT2D eigenvalue weighted by atomic mass is 79.9. The molecule has 1 aromatic carbocycles. The van der Waals surface area contributed by atoms with Gasteiger partial charge in [-0.1, -0.05) is 22.0 Å². The van der Waals surface area contributed by atoms with Gasteiger partial charge >= 0.3 is 0 Å². The zero-order chi connectivity index (χ0) is 14.8. The summed E-state index contributed by atoms with van der Waals surface area (Å²) in [6.45, 7) is 1.99. The zero-order valence-corrected chi connectivity index (χ0v) is 13.5. The third-order valence-electron chi connectivity index (χ3n) is 2.69. The number of carbonyl (C=O) groups is 1. The largest absolute Gasteiger partial charge is 0.385 e. The van der Waals surface area contributed by atoms with Crippen LogP contribution in [0.5, 0.6) is 0 Å². The Hall–Kier alpha value is -1.11. The van der Waals surface area contributed by atoms with Crippen molar-refractivity contribution >= 4 is 27.5 Å². The van der Waals surface area contributed by atoms with E-state index in [4.69, 9.17) is 9.47 Å². The second-order valence-corrected chi connectivity index (χ2v) is 5.10. The van der Waals surface area contributed by atoms with Crippen LogP contribution in [-0.4, -0.2) is 39.8 Å². The Morgan fingerprint density at radius 3 is 2.80 bits per heavy atom. The van der Waals surface area contributed by atoms with Gasteiger partial charge in [0, 0.05) is 43.1 Å². The monoisotopic (exact) mass is 344 g/mol. The minimum atomic E-state index is -0.0376. The summed E-state index contributed by atoms with van der Waals surface area (Å²) in [5.74, 6) is -0.0376. The van der Waals surface area contributed by atoms with Crippen LogP contribution in [0.25, 0.3) is 0 Å². The Kier molecular flexibility index (Phi) is 8.25. The maximum absolute atomic E-state index is 11.7. The maximum atomic E-state index is 11.7. The van der Waals surface area contributed by atoms with Gasteiger partial charge in [0.1, 0.15) is 0 Å². The molecule has 0 radical (unpaired) electrons. The smallest absolute Gasteiger partial charge is 0.239 e. The summed E-state index contributed by atoms with van der Waals surface area (Å²) in [7, 11) is 3.29. The van der Waals surface area contributed by atoms with Crippen molar-refractivity contribution in [2.45, 2.75) is 13.0 Å². The molecule has 6 heteroatoms. The number of nitrogens with one attached hydrogen (secondary N) is 2. The number of methoxy groups -OCH3 is 2. The number of anilines is 1. The first-order chi connectivity index (χ1) is 9.69. The van der Waals surface area contributed by atoms with Crippen LogP contribution in [0.15, 0.2) is 22.7 Å². The van der Waals surface area contributed by atoms with Crippen molar-refractivity contribution in [3.8, 4) is 0 Å². The lowest BCUT2D eigenvalue weighted by molar-refractivity contribution is -0.119. The molecule has 0 aliphatic rings. The van der Waals surface area contributed by atoms with Crippen LogP contribution < -0.4 is 10.6 Å². The molecule has 0 aromatic heterocycles. The van der Waals surface area contributed by atoms with Crippen molar-refractivity contribution in [1.29, 1.82) is 0 Å². The molecule has 0 bridgehead atoms. The first kappa shape index (κ1) is 16.9. The van der Waals surface area contributed by atoms with Gasteiger partial charge in [-0.2, -0.15) is 0 Å². The molecule has 0 saturated carbocycles. The number of amides is 1. The lowest BCUT2D eigenvalue weighted by Crippen LogP contribution is -2.31. The number of hydrogen-bond acceptors (Lipinski definition) is 4. The Labute approximate surface area is 128 Å². The second kappa shape index (κ2) is 9.74. The Balaban J connectivity index is 2.44. The number of benzene rings is 1. The lowest BCUT2D eigenvalue weighted by atomic mass is 10.2. The van der Waals surface area contributed by atoms with Gasteiger partial charge in [0.25, 0.3) is 0 Å². The first-order valence-electron chi connectivity index (χ1n) is 6.45. The van der Waals surface area contributed by atoms with Gasteiger partial charge in [0.15, 0.2) is 0 Å². The third-order valence-corrected chi connectivity index (χ3v) is 3.44. The summed E-state index contributed by atoms with van der Waals surface area (Å²) in [5, 5.41) is 5.96. The maximum Gasteiger partial charge on any atom is 0.239 e. The van der Waals surface area contributed by atoms with E-state index in [1.54, 1.807) is 14.2 Å². The lowest BCUT2D eigenvalue weighted by Gasteiger charge is -2.13. The topological polar surface area (TPSA) is 59.6 Å². The van der Waals surface area contributed by atoms with Crippen molar-refractivity contribution in [3.63, 3.8) is 0 Å². The van der Waals surface area contributed by atoms with Crippen LogP contribution in [-0.2, 0) is 20.9 Å². The normalized spacial score (nSPS) is 10.3. The molecular weight excluding hydrogens is 324 g/mol. The van der Waals surface area contributed by atoms with E-state index in [0.717, 1.165) is 22.1 Å². The number of halogens is 1. The Morgan fingerprint density at radius 2 is 2.10 bits per heavy atom. The van der Waals surface area contributed by atoms with Gasteiger partial charge in [0.05, 0.1) is 13.2 Å². The molecule has 0 aliphatic heterocycles. The number of rotatable bonds is 9. The number of hydrogen-bond donors (Lipinski definition) is 2. The molecule has 0 spiro atoms. The highest BCUT2D eigenvalue weighted by Crippen LogP contribution is 2.25. The quantitative estimate of drug-likeness (QED) is 0.674. The molecule has 112 valence electrons. The highest BCUT2D eigenvalue weighted by molar-refractivity contribution is 9.10. The van der Waals surface area contributed by atoms with E-state index in [1.807, 2.05) is 18.2 Å². The van der Waals surface area contributed by atoms with Gasteiger partial charge in [-0.25, -0.2) is 0 Å². The second-order valence-electron chi connectivity index (χ2n) is 4.25. The van der Waals surface area contributed by atoms with E-state index in [-0.39, 0.29) is 12.5 Å². The molecule has 20 heavy (non-hydrogen) atoms. The Bertz CT molecular complexity index is 427.